The summed E-state index contributed by atoms with van der Waals surface area (Å²) >= 11 is 5.95. The van der Waals surface area contributed by atoms with Crippen LogP contribution in [0.25, 0.3) is 0 Å². The SMILES string of the molecule is CC(C)C(CNS(=O)(=O)c1ccc(C(N)=S)s1)C(C)C. The smallest absolute Gasteiger partial charge is 0.250 e. The van der Waals surface area contributed by atoms with Gasteiger partial charge in [-0.3, -0.25) is 0 Å². The van der Waals surface area contributed by atoms with E-state index in [1.54, 1.807) is 12.1 Å². The average molecular weight is 335 g/mol. The molecule has 0 aromatic carbocycles. The number of nitrogens with one attached hydrogen (secondary N) is 1. The van der Waals surface area contributed by atoms with Crippen molar-refractivity contribution in [1.82, 2.24) is 4.72 Å². The van der Waals surface area contributed by atoms with Crippen LogP contribution in [0.4, 0.5) is 0 Å². The zero-order chi connectivity index (χ0) is 15.5. The average Bonchev–Trinajstić information content (AvgIpc) is 2.77. The van der Waals surface area contributed by atoms with Crippen LogP contribution in [0.15, 0.2) is 16.3 Å². The van der Waals surface area contributed by atoms with Gasteiger partial charge >= 0.3 is 0 Å². The van der Waals surface area contributed by atoms with Crippen molar-refractivity contribution >= 4 is 38.6 Å². The monoisotopic (exact) mass is 334 g/mol. The summed E-state index contributed by atoms with van der Waals surface area (Å²) in [7, 11) is -3.48. The molecule has 20 heavy (non-hydrogen) atoms. The molecule has 0 saturated carbocycles. The molecule has 0 aliphatic heterocycles. The molecule has 0 saturated heterocycles. The summed E-state index contributed by atoms with van der Waals surface area (Å²) < 4.78 is 27.4. The predicted molar refractivity (Wildman–Crippen MR) is 88.6 cm³/mol. The van der Waals surface area contributed by atoms with Gasteiger partial charge in [-0.05, 0) is 29.9 Å². The molecule has 1 aromatic rings. The predicted octanol–water partition coefficient (Wildman–Crippen LogP) is 2.59. The Kier molecular flexibility index (Phi) is 6.12. The van der Waals surface area contributed by atoms with Crippen molar-refractivity contribution in [2.45, 2.75) is 31.9 Å². The second-order valence-corrected chi connectivity index (χ2v) is 9.00. The molecule has 0 bridgehead atoms. The molecule has 3 N–H and O–H groups in total. The summed E-state index contributed by atoms with van der Waals surface area (Å²) in [6.45, 7) is 8.87. The molecule has 7 heteroatoms. The molecule has 114 valence electrons. The lowest BCUT2D eigenvalue weighted by Gasteiger charge is -2.24. The molecule has 1 aromatic heterocycles. The minimum Gasteiger partial charge on any atom is -0.389 e. The molecular formula is C13H22N2O2S3. The van der Waals surface area contributed by atoms with Gasteiger partial charge in [-0.2, -0.15) is 0 Å². The topological polar surface area (TPSA) is 72.2 Å². The van der Waals surface area contributed by atoms with Gasteiger partial charge in [0.1, 0.15) is 9.20 Å². The highest BCUT2D eigenvalue weighted by Gasteiger charge is 2.22. The fourth-order valence-electron chi connectivity index (χ4n) is 2.12. The summed E-state index contributed by atoms with van der Waals surface area (Å²) in [4.78, 5) is 0.836. The van der Waals surface area contributed by atoms with Crippen LogP contribution in [0.3, 0.4) is 0 Å². The van der Waals surface area contributed by atoms with E-state index in [2.05, 4.69) is 32.4 Å². The number of hydrogen-bond donors (Lipinski definition) is 2. The van der Waals surface area contributed by atoms with E-state index in [-0.39, 0.29) is 9.20 Å². The van der Waals surface area contributed by atoms with Crippen molar-refractivity contribution in [3.05, 3.63) is 17.0 Å². The highest BCUT2D eigenvalue weighted by Crippen LogP contribution is 2.23. The Morgan fingerprint density at radius 3 is 2.25 bits per heavy atom. The van der Waals surface area contributed by atoms with E-state index in [9.17, 15) is 8.42 Å². The fraction of sp³-hybridized carbons (Fsp3) is 0.615. The van der Waals surface area contributed by atoms with E-state index in [1.165, 1.54) is 0 Å². The maximum absolute atomic E-state index is 12.2. The molecular weight excluding hydrogens is 312 g/mol. The standard InChI is InChI=1S/C13H22N2O2S3/c1-8(2)10(9(3)4)7-15-20(16,17)12-6-5-11(19-12)13(14)18/h5-6,8-10,15H,7H2,1-4H3,(H2,14,18). The minimum absolute atomic E-state index is 0.221. The Labute approximate surface area is 130 Å². The van der Waals surface area contributed by atoms with Crippen LogP contribution in [0, 0.1) is 17.8 Å². The Bertz CT molecular complexity index is 554. The van der Waals surface area contributed by atoms with E-state index < -0.39 is 10.0 Å². The van der Waals surface area contributed by atoms with Gasteiger partial charge in [-0.1, -0.05) is 39.9 Å². The Hall–Kier alpha value is -0.500. The zero-order valence-corrected chi connectivity index (χ0v) is 14.7. The number of thiocarbonyl (C=S) groups is 1. The van der Waals surface area contributed by atoms with Crippen molar-refractivity contribution in [2.24, 2.45) is 23.5 Å². The van der Waals surface area contributed by atoms with E-state index in [1.807, 2.05) is 0 Å². The number of nitrogens with two attached hydrogens (primary N) is 1. The van der Waals surface area contributed by atoms with Crippen molar-refractivity contribution in [3.8, 4) is 0 Å². The van der Waals surface area contributed by atoms with Gasteiger partial charge in [-0.25, -0.2) is 13.1 Å². The van der Waals surface area contributed by atoms with E-state index in [0.29, 0.717) is 29.2 Å². The van der Waals surface area contributed by atoms with Crippen LogP contribution in [-0.4, -0.2) is 20.0 Å². The first-order valence-electron chi connectivity index (χ1n) is 6.54. The number of thiophene rings is 1. The van der Waals surface area contributed by atoms with Crippen molar-refractivity contribution in [1.29, 1.82) is 0 Å². The van der Waals surface area contributed by atoms with Crippen LogP contribution < -0.4 is 10.5 Å². The lowest BCUT2D eigenvalue weighted by Crippen LogP contribution is -2.33. The molecule has 0 radical (unpaired) electrons. The lowest BCUT2D eigenvalue weighted by atomic mass is 9.86. The van der Waals surface area contributed by atoms with Crippen LogP contribution in [-0.2, 0) is 10.0 Å². The lowest BCUT2D eigenvalue weighted by molar-refractivity contribution is 0.289. The van der Waals surface area contributed by atoms with Crippen LogP contribution in [0.2, 0.25) is 0 Å². The third-order valence-electron chi connectivity index (χ3n) is 3.31. The molecule has 0 atom stereocenters. The second-order valence-electron chi connectivity index (χ2n) is 5.49. The first-order chi connectivity index (χ1) is 9.15. The Morgan fingerprint density at radius 2 is 1.85 bits per heavy atom. The molecule has 0 aliphatic rings. The highest BCUT2D eigenvalue weighted by molar-refractivity contribution is 7.91. The van der Waals surface area contributed by atoms with Crippen LogP contribution >= 0.6 is 23.6 Å². The summed E-state index contributed by atoms with van der Waals surface area (Å²) in [5, 5.41) is 0. The van der Waals surface area contributed by atoms with E-state index >= 15 is 0 Å². The van der Waals surface area contributed by atoms with Crippen molar-refractivity contribution in [3.63, 3.8) is 0 Å². The van der Waals surface area contributed by atoms with Gasteiger partial charge in [0.15, 0.2) is 0 Å². The third kappa shape index (κ3) is 4.51. The second kappa shape index (κ2) is 6.98. The van der Waals surface area contributed by atoms with Gasteiger partial charge in [0.05, 0.1) is 4.88 Å². The van der Waals surface area contributed by atoms with Crippen molar-refractivity contribution < 1.29 is 8.42 Å². The maximum atomic E-state index is 12.2. The summed E-state index contributed by atoms with van der Waals surface area (Å²) in [6, 6.07) is 3.19. The number of hydrogen-bond acceptors (Lipinski definition) is 4. The van der Waals surface area contributed by atoms with Gasteiger partial charge < -0.3 is 5.73 Å². The quantitative estimate of drug-likeness (QED) is 0.752. The molecule has 4 nitrogen and oxygen atoms in total. The fourth-order valence-corrected chi connectivity index (χ4v) is 4.58. The van der Waals surface area contributed by atoms with Gasteiger partial charge in [0, 0.05) is 6.54 Å². The van der Waals surface area contributed by atoms with Gasteiger partial charge in [0.2, 0.25) is 10.0 Å². The summed E-state index contributed by atoms with van der Waals surface area (Å²) in [6.07, 6.45) is 0. The van der Waals surface area contributed by atoms with Gasteiger partial charge in [0.25, 0.3) is 0 Å². The molecule has 1 heterocycles. The summed E-state index contributed by atoms with van der Waals surface area (Å²) in [5.74, 6) is 1.15. The number of rotatable bonds is 7. The van der Waals surface area contributed by atoms with Crippen molar-refractivity contribution in [2.75, 3.05) is 6.54 Å². The number of sulfonamides is 1. The maximum Gasteiger partial charge on any atom is 0.250 e. The largest absolute Gasteiger partial charge is 0.389 e. The minimum atomic E-state index is -3.48. The Balaban J connectivity index is 2.81. The van der Waals surface area contributed by atoms with Crippen LogP contribution in [0.5, 0.6) is 0 Å². The zero-order valence-electron chi connectivity index (χ0n) is 12.2. The molecule has 0 spiro atoms. The molecule has 0 fully saturated rings. The van der Waals surface area contributed by atoms with E-state index in [4.69, 9.17) is 18.0 Å². The van der Waals surface area contributed by atoms with Crippen LogP contribution in [0.1, 0.15) is 32.6 Å². The molecule has 0 aliphatic carbocycles. The molecule has 0 unspecified atom stereocenters. The molecule has 1 rings (SSSR count). The van der Waals surface area contributed by atoms with E-state index in [0.717, 1.165) is 11.3 Å². The summed E-state index contributed by atoms with van der Waals surface area (Å²) in [5.41, 5.74) is 5.50. The first kappa shape index (κ1) is 17.6. The van der Waals surface area contributed by atoms with Gasteiger partial charge in [-0.15, -0.1) is 11.3 Å². The first-order valence-corrected chi connectivity index (χ1v) is 9.25. The highest BCUT2D eigenvalue weighted by atomic mass is 32.2. The normalized spacial score (nSPS) is 12.6. The Morgan fingerprint density at radius 1 is 1.30 bits per heavy atom. The molecule has 0 amide bonds. The third-order valence-corrected chi connectivity index (χ3v) is 6.69.